The van der Waals surface area contributed by atoms with Crippen LogP contribution >= 0.6 is 0 Å². The van der Waals surface area contributed by atoms with E-state index in [1.165, 1.54) is 5.56 Å². The van der Waals surface area contributed by atoms with Crippen LogP contribution in [-0.2, 0) is 11.2 Å². The molecule has 27 heavy (non-hydrogen) atoms. The summed E-state index contributed by atoms with van der Waals surface area (Å²) in [6.45, 7) is 4.14. The second-order valence-electron chi connectivity index (χ2n) is 6.92. The van der Waals surface area contributed by atoms with Gasteiger partial charge in [-0.05, 0) is 47.2 Å². The molecule has 1 heterocycles. The van der Waals surface area contributed by atoms with Crippen molar-refractivity contribution in [3.8, 4) is 22.4 Å². The number of carbonyl (C=O) groups is 1. The fourth-order valence-electron chi connectivity index (χ4n) is 3.60. The Hall–Kier alpha value is -3.33. The van der Waals surface area contributed by atoms with Crippen LogP contribution in [0.1, 0.15) is 16.7 Å². The second kappa shape index (κ2) is 6.76. The Balaban J connectivity index is 1.85. The number of aromatic amines is 1. The molecule has 0 bridgehead atoms. The Labute approximate surface area is 158 Å². The van der Waals surface area contributed by atoms with Crippen LogP contribution in [0.4, 0.5) is 0 Å². The van der Waals surface area contributed by atoms with E-state index < -0.39 is 5.97 Å². The number of rotatable bonds is 4. The molecule has 0 atom stereocenters. The van der Waals surface area contributed by atoms with E-state index in [0.29, 0.717) is 0 Å². The third kappa shape index (κ3) is 3.13. The number of benzene rings is 3. The minimum Gasteiger partial charge on any atom is -0.481 e. The molecule has 0 saturated heterocycles. The lowest BCUT2D eigenvalue weighted by Crippen LogP contribution is -2.01. The van der Waals surface area contributed by atoms with E-state index in [2.05, 4.69) is 61.3 Å². The molecule has 4 rings (SSSR count). The maximum absolute atomic E-state index is 11.5. The summed E-state index contributed by atoms with van der Waals surface area (Å²) in [6.07, 6.45) is -0.00172. The average Bonchev–Trinajstić information content (AvgIpc) is 3.04. The van der Waals surface area contributed by atoms with E-state index in [9.17, 15) is 9.90 Å². The maximum atomic E-state index is 11.5. The summed E-state index contributed by atoms with van der Waals surface area (Å²) in [5, 5.41) is 10.4. The van der Waals surface area contributed by atoms with Gasteiger partial charge in [0.1, 0.15) is 0 Å². The minimum absolute atomic E-state index is 0.00172. The average molecular weight is 355 g/mol. The van der Waals surface area contributed by atoms with E-state index >= 15 is 0 Å². The van der Waals surface area contributed by atoms with Gasteiger partial charge in [0.25, 0.3) is 0 Å². The third-order valence-corrected chi connectivity index (χ3v) is 5.22. The van der Waals surface area contributed by atoms with Crippen LogP contribution in [0.5, 0.6) is 0 Å². The van der Waals surface area contributed by atoms with Gasteiger partial charge in [0.2, 0.25) is 0 Å². The molecule has 0 radical (unpaired) electrons. The molecule has 0 spiro atoms. The molecule has 4 aromatic rings. The molecule has 0 aliphatic rings. The van der Waals surface area contributed by atoms with Crippen LogP contribution < -0.4 is 0 Å². The SMILES string of the molecule is Cc1ccc2c(CC(=O)O)c(-c3ccc(-c4ccccc4)cc3)[nH]c2c1C. The molecule has 3 nitrogen and oxygen atoms in total. The molecule has 0 fully saturated rings. The van der Waals surface area contributed by atoms with Gasteiger partial charge in [-0.15, -0.1) is 0 Å². The normalized spacial score (nSPS) is 11.0. The van der Waals surface area contributed by atoms with Crippen LogP contribution in [0, 0.1) is 13.8 Å². The monoisotopic (exact) mass is 355 g/mol. The zero-order chi connectivity index (χ0) is 19.0. The molecule has 1 aromatic heterocycles. The van der Waals surface area contributed by atoms with Gasteiger partial charge in [0.15, 0.2) is 0 Å². The highest BCUT2D eigenvalue weighted by atomic mass is 16.4. The van der Waals surface area contributed by atoms with E-state index in [1.807, 2.05) is 24.3 Å². The molecular weight excluding hydrogens is 334 g/mol. The van der Waals surface area contributed by atoms with E-state index in [1.54, 1.807) is 0 Å². The highest BCUT2D eigenvalue weighted by Gasteiger charge is 2.17. The van der Waals surface area contributed by atoms with Crippen LogP contribution in [-0.4, -0.2) is 16.1 Å². The molecule has 3 heteroatoms. The first-order valence-corrected chi connectivity index (χ1v) is 9.03. The van der Waals surface area contributed by atoms with Crippen LogP contribution in [0.15, 0.2) is 66.7 Å². The zero-order valence-corrected chi connectivity index (χ0v) is 15.4. The Morgan fingerprint density at radius 1 is 0.852 bits per heavy atom. The number of H-pyrrole nitrogens is 1. The predicted octanol–water partition coefficient (Wildman–Crippen LogP) is 5.75. The highest BCUT2D eigenvalue weighted by Crippen LogP contribution is 2.34. The molecule has 0 saturated carbocycles. The molecule has 0 unspecified atom stereocenters. The standard InChI is InChI=1S/C24H21NO2/c1-15-8-13-20-21(14-22(26)27)24(25-23(20)16(15)2)19-11-9-18(10-12-19)17-6-4-3-5-7-17/h3-13,25H,14H2,1-2H3,(H,26,27). The molecule has 0 amide bonds. The number of aliphatic carboxylic acids is 1. The van der Waals surface area contributed by atoms with E-state index in [-0.39, 0.29) is 6.42 Å². The smallest absolute Gasteiger partial charge is 0.307 e. The van der Waals surface area contributed by atoms with Gasteiger partial charge in [0.05, 0.1) is 12.1 Å². The second-order valence-corrected chi connectivity index (χ2v) is 6.92. The number of fused-ring (bicyclic) bond motifs is 1. The van der Waals surface area contributed by atoms with Crippen molar-refractivity contribution in [3.63, 3.8) is 0 Å². The number of carboxylic acid groups (broad SMARTS) is 1. The van der Waals surface area contributed by atoms with Gasteiger partial charge in [0, 0.05) is 10.9 Å². The Bertz CT molecular complexity index is 1120. The van der Waals surface area contributed by atoms with Gasteiger partial charge in [-0.25, -0.2) is 0 Å². The van der Waals surface area contributed by atoms with Crippen molar-refractivity contribution in [1.29, 1.82) is 0 Å². The van der Waals surface area contributed by atoms with Gasteiger partial charge in [-0.1, -0.05) is 66.7 Å². The van der Waals surface area contributed by atoms with Crippen molar-refractivity contribution in [2.24, 2.45) is 0 Å². The van der Waals surface area contributed by atoms with Gasteiger partial charge < -0.3 is 10.1 Å². The molecule has 0 aliphatic heterocycles. The lowest BCUT2D eigenvalue weighted by molar-refractivity contribution is -0.136. The van der Waals surface area contributed by atoms with Crippen LogP contribution in [0.3, 0.4) is 0 Å². The summed E-state index contributed by atoms with van der Waals surface area (Å²) in [5.74, 6) is -0.823. The number of hydrogen-bond donors (Lipinski definition) is 2. The zero-order valence-electron chi connectivity index (χ0n) is 15.4. The largest absolute Gasteiger partial charge is 0.481 e. The first-order valence-electron chi connectivity index (χ1n) is 9.03. The lowest BCUT2D eigenvalue weighted by Gasteiger charge is -2.06. The minimum atomic E-state index is -0.823. The van der Waals surface area contributed by atoms with Gasteiger partial charge in [-0.3, -0.25) is 4.79 Å². The molecule has 134 valence electrons. The third-order valence-electron chi connectivity index (χ3n) is 5.22. The van der Waals surface area contributed by atoms with Gasteiger partial charge >= 0.3 is 5.97 Å². The Morgan fingerprint density at radius 3 is 2.15 bits per heavy atom. The summed E-state index contributed by atoms with van der Waals surface area (Å²) < 4.78 is 0. The number of nitrogens with one attached hydrogen (secondary N) is 1. The number of aromatic nitrogens is 1. The topological polar surface area (TPSA) is 53.1 Å². The van der Waals surface area contributed by atoms with Crippen molar-refractivity contribution < 1.29 is 9.90 Å². The van der Waals surface area contributed by atoms with Crippen molar-refractivity contribution in [1.82, 2.24) is 4.98 Å². The van der Waals surface area contributed by atoms with E-state index in [4.69, 9.17) is 0 Å². The lowest BCUT2D eigenvalue weighted by atomic mass is 9.98. The maximum Gasteiger partial charge on any atom is 0.307 e. The first kappa shape index (κ1) is 17.1. The summed E-state index contributed by atoms with van der Waals surface area (Å²) in [5.41, 5.74) is 8.41. The number of carboxylic acids is 1. The molecular formula is C24H21NO2. The number of hydrogen-bond acceptors (Lipinski definition) is 1. The summed E-state index contributed by atoms with van der Waals surface area (Å²) >= 11 is 0. The van der Waals surface area contributed by atoms with Crippen molar-refractivity contribution in [2.45, 2.75) is 20.3 Å². The molecule has 2 N–H and O–H groups in total. The number of aryl methyl sites for hydroxylation is 2. The Morgan fingerprint density at radius 2 is 1.48 bits per heavy atom. The van der Waals surface area contributed by atoms with Crippen molar-refractivity contribution in [3.05, 3.63) is 83.4 Å². The molecule has 3 aromatic carbocycles. The van der Waals surface area contributed by atoms with E-state index in [0.717, 1.165) is 44.4 Å². The van der Waals surface area contributed by atoms with Gasteiger partial charge in [-0.2, -0.15) is 0 Å². The van der Waals surface area contributed by atoms with Crippen LogP contribution in [0.2, 0.25) is 0 Å². The summed E-state index contributed by atoms with van der Waals surface area (Å²) in [6, 6.07) is 22.6. The van der Waals surface area contributed by atoms with Crippen molar-refractivity contribution in [2.75, 3.05) is 0 Å². The van der Waals surface area contributed by atoms with Crippen molar-refractivity contribution >= 4 is 16.9 Å². The molecule has 0 aliphatic carbocycles. The summed E-state index contributed by atoms with van der Waals surface area (Å²) in [7, 11) is 0. The highest BCUT2D eigenvalue weighted by molar-refractivity contribution is 5.96. The van der Waals surface area contributed by atoms with Crippen LogP contribution in [0.25, 0.3) is 33.3 Å². The fraction of sp³-hybridized carbons (Fsp3) is 0.125. The first-order chi connectivity index (χ1) is 13.0. The fourth-order valence-corrected chi connectivity index (χ4v) is 3.60. The quantitative estimate of drug-likeness (QED) is 0.490. The Kier molecular flexibility index (Phi) is 4.28. The summed E-state index contributed by atoms with van der Waals surface area (Å²) in [4.78, 5) is 15.0. The predicted molar refractivity (Wildman–Crippen MR) is 110 cm³/mol.